The number of nitrogens with zero attached hydrogens (tertiary/aromatic N) is 2. The van der Waals surface area contributed by atoms with E-state index in [1.54, 1.807) is 14.2 Å². The van der Waals surface area contributed by atoms with Gasteiger partial charge in [-0.15, -0.1) is 0 Å². The highest BCUT2D eigenvalue weighted by molar-refractivity contribution is 5.47. The molecule has 0 aliphatic heterocycles. The quantitative estimate of drug-likeness (QED) is 0.668. The number of methoxy groups -OCH3 is 2. The van der Waals surface area contributed by atoms with Crippen molar-refractivity contribution < 1.29 is 9.47 Å². The summed E-state index contributed by atoms with van der Waals surface area (Å²) in [5, 5.41) is 3.58. The van der Waals surface area contributed by atoms with Crippen LogP contribution in [0.1, 0.15) is 41.8 Å². The molecule has 1 aromatic heterocycles. The Morgan fingerprint density at radius 3 is 2.11 bits per heavy atom. The molecule has 0 radical (unpaired) electrons. The maximum absolute atomic E-state index is 5.42. The Balaban J connectivity index is 1.71. The van der Waals surface area contributed by atoms with Crippen LogP contribution in [0.25, 0.3) is 0 Å². The number of hydrogen-bond donors (Lipinski definition) is 1. The lowest BCUT2D eigenvalue weighted by atomic mass is 9.98. The molecule has 0 atom stereocenters. The zero-order chi connectivity index (χ0) is 18.6. The monoisotopic (exact) mass is 361 g/mol. The fourth-order valence-corrected chi connectivity index (χ4v) is 3.14. The first-order valence-electron chi connectivity index (χ1n) is 9.14. The molecular formula is C22H23N3O2. The van der Waals surface area contributed by atoms with Gasteiger partial charge in [0.1, 0.15) is 23.1 Å². The normalized spacial score (nSPS) is 13.4. The summed E-state index contributed by atoms with van der Waals surface area (Å²) in [6, 6.07) is 18.0. The Morgan fingerprint density at radius 2 is 1.56 bits per heavy atom. The lowest BCUT2D eigenvalue weighted by Gasteiger charge is -2.21. The predicted octanol–water partition coefficient (Wildman–Crippen LogP) is 4.57. The summed E-state index contributed by atoms with van der Waals surface area (Å²) >= 11 is 0. The molecule has 1 aliphatic carbocycles. The minimum Gasteiger partial charge on any atom is -0.497 e. The molecule has 27 heavy (non-hydrogen) atoms. The van der Waals surface area contributed by atoms with Crippen LogP contribution in [-0.4, -0.2) is 24.2 Å². The molecule has 138 valence electrons. The summed E-state index contributed by atoms with van der Waals surface area (Å²) in [6.07, 6.45) is 4.19. The molecule has 4 rings (SSSR count). The van der Waals surface area contributed by atoms with Crippen LogP contribution in [0.5, 0.6) is 11.5 Å². The predicted molar refractivity (Wildman–Crippen MR) is 105 cm³/mol. The van der Waals surface area contributed by atoms with Gasteiger partial charge in [0.2, 0.25) is 0 Å². The first-order chi connectivity index (χ1) is 13.3. The fraction of sp³-hybridized carbons (Fsp3) is 0.273. The summed E-state index contributed by atoms with van der Waals surface area (Å²) in [4.78, 5) is 9.14. The smallest absolute Gasteiger partial charge is 0.133 e. The number of nitrogens with one attached hydrogen (secondary N) is 1. The third-order valence-electron chi connectivity index (χ3n) is 4.76. The first kappa shape index (κ1) is 17.3. The van der Waals surface area contributed by atoms with Crippen molar-refractivity contribution in [2.24, 2.45) is 0 Å². The molecule has 1 aliphatic rings. The molecule has 1 saturated carbocycles. The third-order valence-corrected chi connectivity index (χ3v) is 4.76. The van der Waals surface area contributed by atoms with Gasteiger partial charge >= 0.3 is 0 Å². The second-order valence-corrected chi connectivity index (χ2v) is 6.70. The van der Waals surface area contributed by atoms with E-state index in [1.165, 1.54) is 12.8 Å². The highest BCUT2D eigenvalue weighted by Gasteiger charge is 2.27. The van der Waals surface area contributed by atoms with Gasteiger partial charge in [0.05, 0.1) is 20.3 Å². The molecular weight excluding hydrogens is 338 g/mol. The molecule has 3 aromatic rings. The van der Waals surface area contributed by atoms with Gasteiger partial charge in [0, 0.05) is 12.1 Å². The second-order valence-electron chi connectivity index (χ2n) is 6.70. The number of hydrogen-bond acceptors (Lipinski definition) is 5. The van der Waals surface area contributed by atoms with Gasteiger partial charge in [0.15, 0.2) is 0 Å². The Morgan fingerprint density at radius 1 is 0.926 bits per heavy atom. The summed E-state index contributed by atoms with van der Waals surface area (Å²) in [6.45, 7) is 0. The van der Waals surface area contributed by atoms with E-state index in [9.17, 15) is 0 Å². The molecule has 1 fully saturated rings. The van der Waals surface area contributed by atoms with Crippen molar-refractivity contribution in [3.8, 4) is 11.5 Å². The van der Waals surface area contributed by atoms with Crippen molar-refractivity contribution in [2.75, 3.05) is 19.5 Å². The van der Waals surface area contributed by atoms with Crippen molar-refractivity contribution in [3.05, 3.63) is 77.7 Å². The van der Waals surface area contributed by atoms with Crippen LogP contribution in [-0.2, 0) is 0 Å². The Bertz CT molecular complexity index is 877. The standard InChI is InChI=1S/C22H23N3O2/c1-26-18-7-3-5-16(13-18)21(17-6-4-8-19(14-17)27-2)24-20-11-12-23-22(25-20)15-9-10-15/h3-8,11-15,21H,9-10H2,1-2H3,(H,23,24,25). The average Bonchev–Trinajstić information content (AvgIpc) is 3.58. The van der Waals surface area contributed by atoms with E-state index < -0.39 is 0 Å². The molecule has 0 unspecified atom stereocenters. The highest BCUT2D eigenvalue weighted by Crippen LogP contribution is 2.38. The average molecular weight is 361 g/mol. The summed E-state index contributed by atoms with van der Waals surface area (Å²) in [5.74, 6) is 3.91. The van der Waals surface area contributed by atoms with Crippen molar-refractivity contribution in [1.82, 2.24) is 9.97 Å². The van der Waals surface area contributed by atoms with Gasteiger partial charge in [-0.1, -0.05) is 24.3 Å². The molecule has 2 aromatic carbocycles. The molecule has 0 bridgehead atoms. The van der Waals surface area contributed by atoms with E-state index >= 15 is 0 Å². The number of ether oxygens (including phenoxy) is 2. The number of anilines is 1. The summed E-state index contributed by atoms with van der Waals surface area (Å²) in [7, 11) is 3.36. The first-order valence-corrected chi connectivity index (χ1v) is 9.14. The second kappa shape index (κ2) is 7.66. The maximum atomic E-state index is 5.42. The van der Waals surface area contributed by atoms with Crippen LogP contribution >= 0.6 is 0 Å². The minimum absolute atomic E-state index is 0.0860. The van der Waals surface area contributed by atoms with Gasteiger partial charge in [-0.2, -0.15) is 0 Å². The summed E-state index contributed by atoms with van der Waals surface area (Å²) in [5.41, 5.74) is 2.18. The number of rotatable bonds is 7. The Hall–Kier alpha value is -3.08. The molecule has 0 amide bonds. The number of benzene rings is 2. The topological polar surface area (TPSA) is 56.3 Å². The minimum atomic E-state index is -0.0860. The lowest BCUT2D eigenvalue weighted by Crippen LogP contribution is -2.14. The molecule has 5 heteroatoms. The van der Waals surface area contributed by atoms with Gasteiger partial charge < -0.3 is 14.8 Å². The van der Waals surface area contributed by atoms with Gasteiger partial charge in [0.25, 0.3) is 0 Å². The third kappa shape index (κ3) is 4.03. The zero-order valence-corrected chi connectivity index (χ0v) is 15.6. The molecule has 0 spiro atoms. The maximum Gasteiger partial charge on any atom is 0.133 e. The van der Waals surface area contributed by atoms with E-state index in [2.05, 4.69) is 22.4 Å². The highest BCUT2D eigenvalue weighted by atomic mass is 16.5. The summed E-state index contributed by atoms with van der Waals surface area (Å²) < 4.78 is 10.8. The largest absolute Gasteiger partial charge is 0.497 e. The van der Waals surface area contributed by atoms with E-state index in [-0.39, 0.29) is 6.04 Å². The van der Waals surface area contributed by atoms with Gasteiger partial charge in [-0.05, 0) is 54.3 Å². The van der Waals surface area contributed by atoms with Gasteiger partial charge in [-0.3, -0.25) is 0 Å². The van der Waals surface area contributed by atoms with E-state index in [4.69, 9.17) is 14.5 Å². The molecule has 1 N–H and O–H groups in total. The van der Waals surface area contributed by atoms with Crippen molar-refractivity contribution in [3.63, 3.8) is 0 Å². The molecule has 0 saturated heterocycles. The number of aromatic nitrogens is 2. The van der Waals surface area contributed by atoms with Gasteiger partial charge in [-0.25, -0.2) is 9.97 Å². The SMILES string of the molecule is COc1cccc(C(Nc2ccnc(C3CC3)n2)c2cccc(OC)c2)c1. The Labute approximate surface area is 159 Å². The van der Waals surface area contributed by atoms with Crippen LogP contribution in [0.3, 0.4) is 0 Å². The molecule has 5 nitrogen and oxygen atoms in total. The van der Waals surface area contributed by atoms with Crippen LogP contribution < -0.4 is 14.8 Å². The van der Waals surface area contributed by atoms with E-state index in [0.29, 0.717) is 5.92 Å². The van der Waals surface area contributed by atoms with Crippen LogP contribution in [0.15, 0.2) is 60.8 Å². The van der Waals surface area contributed by atoms with Crippen LogP contribution in [0, 0.1) is 0 Å². The lowest BCUT2D eigenvalue weighted by molar-refractivity contribution is 0.413. The molecule has 1 heterocycles. The van der Waals surface area contributed by atoms with Crippen molar-refractivity contribution >= 4 is 5.82 Å². The van der Waals surface area contributed by atoms with E-state index in [0.717, 1.165) is 34.3 Å². The van der Waals surface area contributed by atoms with E-state index in [1.807, 2.05) is 48.7 Å². The van der Waals surface area contributed by atoms with Crippen molar-refractivity contribution in [2.45, 2.75) is 24.8 Å². The Kier molecular flexibility index (Phi) is 4.92. The fourth-order valence-electron chi connectivity index (χ4n) is 3.14. The van der Waals surface area contributed by atoms with Crippen molar-refractivity contribution in [1.29, 1.82) is 0 Å². The van der Waals surface area contributed by atoms with Crippen LogP contribution in [0.2, 0.25) is 0 Å². The zero-order valence-electron chi connectivity index (χ0n) is 15.6. The van der Waals surface area contributed by atoms with Crippen LogP contribution in [0.4, 0.5) is 5.82 Å².